The smallest absolute Gasteiger partial charge is 0.0730 e. The van der Waals surface area contributed by atoms with Gasteiger partial charge in [-0.1, -0.05) is 12.1 Å². The minimum absolute atomic E-state index is 0. The van der Waals surface area contributed by atoms with Crippen molar-refractivity contribution in [3.63, 3.8) is 0 Å². The Kier molecular flexibility index (Phi) is 4.37. The topological polar surface area (TPSA) is 19.4 Å². The SMILES string of the molecule is Br.CN(C)c1ccc2cc3ccc(N(C)C)cc3nc2c1. The van der Waals surface area contributed by atoms with Crippen molar-refractivity contribution in [2.24, 2.45) is 0 Å². The van der Waals surface area contributed by atoms with E-state index in [9.17, 15) is 0 Å². The van der Waals surface area contributed by atoms with Crippen LogP contribution in [0, 0.1) is 0 Å². The Morgan fingerprint density at radius 2 is 1.10 bits per heavy atom. The van der Waals surface area contributed by atoms with Crippen molar-refractivity contribution < 1.29 is 0 Å². The average molecular weight is 346 g/mol. The van der Waals surface area contributed by atoms with E-state index in [-0.39, 0.29) is 17.0 Å². The van der Waals surface area contributed by atoms with Gasteiger partial charge in [0, 0.05) is 50.3 Å². The molecule has 0 N–H and O–H groups in total. The molecule has 3 nitrogen and oxygen atoms in total. The molecule has 0 saturated carbocycles. The third kappa shape index (κ3) is 2.95. The number of aromatic nitrogens is 1. The fraction of sp³-hybridized carbons (Fsp3) is 0.235. The molecule has 3 rings (SSSR count). The fourth-order valence-corrected chi connectivity index (χ4v) is 2.36. The molecule has 0 atom stereocenters. The first-order valence-corrected chi connectivity index (χ1v) is 6.74. The molecule has 1 aromatic heterocycles. The van der Waals surface area contributed by atoms with Crippen molar-refractivity contribution in [2.75, 3.05) is 38.0 Å². The van der Waals surface area contributed by atoms with E-state index in [1.54, 1.807) is 0 Å². The molecule has 0 spiro atoms. The molecule has 0 amide bonds. The summed E-state index contributed by atoms with van der Waals surface area (Å²) in [6, 6.07) is 15.0. The summed E-state index contributed by atoms with van der Waals surface area (Å²) >= 11 is 0. The Morgan fingerprint density at radius 1 is 0.667 bits per heavy atom. The van der Waals surface area contributed by atoms with Crippen LogP contribution < -0.4 is 9.80 Å². The van der Waals surface area contributed by atoms with E-state index in [0.29, 0.717) is 0 Å². The molecule has 2 aromatic carbocycles. The van der Waals surface area contributed by atoms with Crippen LogP contribution in [-0.2, 0) is 0 Å². The van der Waals surface area contributed by atoms with Gasteiger partial charge in [-0.2, -0.15) is 0 Å². The molecule has 1 heterocycles. The van der Waals surface area contributed by atoms with Gasteiger partial charge in [0.15, 0.2) is 0 Å². The van der Waals surface area contributed by atoms with Crippen molar-refractivity contribution >= 4 is 50.2 Å². The van der Waals surface area contributed by atoms with E-state index in [4.69, 9.17) is 4.98 Å². The van der Waals surface area contributed by atoms with Gasteiger partial charge in [0.05, 0.1) is 11.0 Å². The highest BCUT2D eigenvalue weighted by Crippen LogP contribution is 2.25. The van der Waals surface area contributed by atoms with E-state index in [0.717, 1.165) is 11.0 Å². The number of rotatable bonds is 2. The summed E-state index contributed by atoms with van der Waals surface area (Å²) in [6.45, 7) is 0. The van der Waals surface area contributed by atoms with E-state index in [2.05, 4.69) is 52.3 Å². The van der Waals surface area contributed by atoms with Gasteiger partial charge in [-0.05, 0) is 30.3 Å². The largest absolute Gasteiger partial charge is 0.378 e. The number of anilines is 2. The van der Waals surface area contributed by atoms with Gasteiger partial charge in [0.1, 0.15) is 0 Å². The molecule has 0 aliphatic rings. The van der Waals surface area contributed by atoms with E-state index < -0.39 is 0 Å². The Balaban J connectivity index is 0.00000161. The van der Waals surface area contributed by atoms with Crippen LogP contribution in [-0.4, -0.2) is 33.2 Å². The fourth-order valence-electron chi connectivity index (χ4n) is 2.36. The molecule has 0 aliphatic carbocycles. The highest BCUT2D eigenvalue weighted by Gasteiger charge is 2.04. The normalized spacial score (nSPS) is 10.5. The lowest BCUT2D eigenvalue weighted by Gasteiger charge is -2.14. The van der Waals surface area contributed by atoms with Gasteiger partial charge in [-0.15, -0.1) is 17.0 Å². The molecule has 0 bridgehead atoms. The predicted molar refractivity (Wildman–Crippen MR) is 98.2 cm³/mol. The molecule has 110 valence electrons. The standard InChI is InChI=1S/C17H19N3.BrH/c1-19(2)14-7-5-12-9-13-6-8-15(20(3)4)11-17(13)18-16(12)10-14;/h5-11H,1-4H3;1H. The highest BCUT2D eigenvalue weighted by atomic mass is 79.9. The van der Waals surface area contributed by atoms with Crippen LogP contribution in [0.25, 0.3) is 21.8 Å². The maximum absolute atomic E-state index is 4.81. The monoisotopic (exact) mass is 345 g/mol. The third-order valence-corrected chi connectivity index (χ3v) is 3.61. The minimum atomic E-state index is 0. The number of hydrogen-bond acceptors (Lipinski definition) is 3. The van der Waals surface area contributed by atoms with Crippen LogP contribution in [0.1, 0.15) is 0 Å². The summed E-state index contributed by atoms with van der Waals surface area (Å²) in [6.07, 6.45) is 0. The van der Waals surface area contributed by atoms with Crippen LogP contribution in [0.2, 0.25) is 0 Å². The first-order chi connectivity index (χ1) is 9.54. The first kappa shape index (κ1) is 15.6. The first-order valence-electron chi connectivity index (χ1n) is 6.74. The van der Waals surface area contributed by atoms with Gasteiger partial charge in [0.2, 0.25) is 0 Å². The van der Waals surface area contributed by atoms with E-state index >= 15 is 0 Å². The summed E-state index contributed by atoms with van der Waals surface area (Å²) in [4.78, 5) is 9.01. The highest BCUT2D eigenvalue weighted by molar-refractivity contribution is 8.93. The maximum Gasteiger partial charge on any atom is 0.0730 e. The van der Waals surface area contributed by atoms with Gasteiger partial charge in [-0.25, -0.2) is 4.98 Å². The van der Waals surface area contributed by atoms with Gasteiger partial charge < -0.3 is 9.80 Å². The lowest BCUT2D eigenvalue weighted by Crippen LogP contribution is -2.08. The van der Waals surface area contributed by atoms with Crippen LogP contribution in [0.3, 0.4) is 0 Å². The van der Waals surface area contributed by atoms with Crippen molar-refractivity contribution in [2.45, 2.75) is 0 Å². The zero-order valence-electron chi connectivity index (χ0n) is 12.8. The number of nitrogens with zero attached hydrogens (tertiary/aromatic N) is 3. The lowest BCUT2D eigenvalue weighted by molar-refractivity contribution is 1.13. The number of fused-ring (bicyclic) bond motifs is 2. The minimum Gasteiger partial charge on any atom is -0.378 e. The average Bonchev–Trinajstić information content (AvgIpc) is 2.43. The number of hydrogen-bond donors (Lipinski definition) is 0. The van der Waals surface area contributed by atoms with Crippen LogP contribution in [0.5, 0.6) is 0 Å². The maximum atomic E-state index is 4.81. The Morgan fingerprint density at radius 3 is 1.48 bits per heavy atom. The summed E-state index contributed by atoms with van der Waals surface area (Å²) in [5, 5.41) is 2.36. The summed E-state index contributed by atoms with van der Waals surface area (Å²) < 4.78 is 0. The van der Waals surface area contributed by atoms with E-state index in [1.165, 1.54) is 22.1 Å². The molecule has 0 aliphatic heterocycles. The molecule has 0 radical (unpaired) electrons. The van der Waals surface area contributed by atoms with E-state index in [1.807, 2.05) is 28.2 Å². The predicted octanol–water partition coefficient (Wildman–Crippen LogP) is 4.10. The van der Waals surface area contributed by atoms with Gasteiger partial charge in [-0.3, -0.25) is 0 Å². The van der Waals surface area contributed by atoms with Gasteiger partial charge in [0.25, 0.3) is 0 Å². The molecular formula is C17H20BrN3. The molecular weight excluding hydrogens is 326 g/mol. The van der Waals surface area contributed by atoms with Crippen molar-refractivity contribution in [1.82, 2.24) is 4.98 Å². The number of pyridine rings is 1. The van der Waals surface area contributed by atoms with Crippen molar-refractivity contribution in [1.29, 1.82) is 0 Å². The Labute approximate surface area is 136 Å². The summed E-state index contributed by atoms with van der Waals surface area (Å²) in [5.74, 6) is 0. The molecule has 3 aromatic rings. The second kappa shape index (κ2) is 5.90. The zero-order valence-corrected chi connectivity index (χ0v) is 14.5. The van der Waals surface area contributed by atoms with Crippen molar-refractivity contribution in [3.8, 4) is 0 Å². The zero-order chi connectivity index (χ0) is 14.3. The molecule has 4 heteroatoms. The quantitative estimate of drug-likeness (QED) is 0.652. The molecule has 21 heavy (non-hydrogen) atoms. The van der Waals surface area contributed by atoms with Crippen LogP contribution in [0.15, 0.2) is 42.5 Å². The molecule has 0 unspecified atom stereocenters. The second-order valence-electron chi connectivity index (χ2n) is 5.53. The number of benzene rings is 2. The third-order valence-electron chi connectivity index (χ3n) is 3.61. The second-order valence-corrected chi connectivity index (χ2v) is 5.53. The number of halogens is 1. The lowest BCUT2D eigenvalue weighted by atomic mass is 10.1. The van der Waals surface area contributed by atoms with Crippen molar-refractivity contribution in [3.05, 3.63) is 42.5 Å². The summed E-state index contributed by atoms with van der Waals surface area (Å²) in [5.41, 5.74) is 4.43. The molecule has 0 fully saturated rings. The Bertz CT molecular complexity index is 718. The van der Waals surface area contributed by atoms with Crippen LogP contribution in [0.4, 0.5) is 11.4 Å². The summed E-state index contributed by atoms with van der Waals surface area (Å²) in [7, 11) is 8.19. The molecule has 0 saturated heterocycles. The van der Waals surface area contributed by atoms with Crippen LogP contribution >= 0.6 is 17.0 Å². The van der Waals surface area contributed by atoms with Gasteiger partial charge >= 0.3 is 0 Å². The Hall–Kier alpha value is -1.81.